The fourth-order valence-electron chi connectivity index (χ4n) is 2.75. The summed E-state index contributed by atoms with van der Waals surface area (Å²) < 4.78 is 11.1. The molecule has 0 aliphatic heterocycles. The zero-order valence-corrected chi connectivity index (χ0v) is 18.8. The molecule has 1 unspecified atom stereocenters. The second-order valence-electron chi connectivity index (χ2n) is 7.07. The fourth-order valence-corrected chi connectivity index (χ4v) is 2.75. The molecule has 1 amide bonds. The average molecular weight is 428 g/mol. The van der Waals surface area contributed by atoms with Gasteiger partial charge in [0, 0.05) is 44.5 Å². The first-order chi connectivity index (χ1) is 15.0. The van der Waals surface area contributed by atoms with E-state index in [1.54, 1.807) is 25.3 Å². The maximum absolute atomic E-state index is 12.4. The van der Waals surface area contributed by atoms with Crippen LogP contribution in [-0.2, 0) is 11.2 Å². The van der Waals surface area contributed by atoms with Crippen LogP contribution in [0.3, 0.4) is 0 Å². The molecule has 0 fully saturated rings. The highest BCUT2D eigenvalue weighted by atomic mass is 16.5. The van der Waals surface area contributed by atoms with Crippen molar-refractivity contribution >= 4 is 11.9 Å². The van der Waals surface area contributed by atoms with Crippen LogP contribution < -0.4 is 20.1 Å². The van der Waals surface area contributed by atoms with E-state index in [-0.39, 0.29) is 18.6 Å². The molecule has 0 radical (unpaired) electrons. The van der Waals surface area contributed by atoms with Gasteiger partial charge in [0.25, 0.3) is 0 Å². The minimum Gasteiger partial charge on any atom is -0.497 e. The van der Waals surface area contributed by atoms with Gasteiger partial charge in [0.05, 0.1) is 13.7 Å². The van der Waals surface area contributed by atoms with Gasteiger partial charge in [-0.05, 0) is 38.1 Å². The Bertz CT molecular complexity index is 829. The number of amides is 1. The lowest BCUT2D eigenvalue weighted by atomic mass is 10.2. The molecule has 31 heavy (non-hydrogen) atoms. The van der Waals surface area contributed by atoms with Crippen LogP contribution in [0.5, 0.6) is 11.5 Å². The first kappa shape index (κ1) is 24.0. The first-order valence-corrected chi connectivity index (χ1v) is 10.5. The summed E-state index contributed by atoms with van der Waals surface area (Å²) >= 11 is 0. The van der Waals surface area contributed by atoms with Crippen molar-refractivity contribution in [2.24, 2.45) is 4.99 Å². The molecule has 1 heterocycles. The molecule has 8 heteroatoms. The number of pyridine rings is 1. The number of hydrogen-bond acceptors (Lipinski definition) is 5. The number of hydrogen-bond donors (Lipinski definition) is 2. The molecular weight excluding hydrogens is 394 g/mol. The zero-order chi connectivity index (χ0) is 22.5. The van der Waals surface area contributed by atoms with Gasteiger partial charge in [-0.1, -0.05) is 12.1 Å². The molecule has 168 valence electrons. The van der Waals surface area contributed by atoms with Crippen molar-refractivity contribution in [1.29, 1.82) is 0 Å². The van der Waals surface area contributed by atoms with E-state index in [9.17, 15) is 4.79 Å². The van der Waals surface area contributed by atoms with E-state index >= 15 is 0 Å². The van der Waals surface area contributed by atoms with E-state index in [0.717, 1.165) is 17.2 Å². The Morgan fingerprint density at radius 3 is 2.71 bits per heavy atom. The lowest BCUT2D eigenvalue weighted by Gasteiger charge is -2.19. The van der Waals surface area contributed by atoms with Crippen LogP contribution in [0, 0.1) is 0 Å². The Balaban J connectivity index is 1.80. The van der Waals surface area contributed by atoms with Gasteiger partial charge in [-0.25, -0.2) is 4.99 Å². The SMILES string of the molecule is CCNC(=NCC(=O)N(C)CCc1ccccn1)NCC(C)Oc1cccc(OC)c1. The lowest BCUT2D eigenvalue weighted by molar-refractivity contribution is -0.128. The van der Waals surface area contributed by atoms with Crippen molar-refractivity contribution in [2.45, 2.75) is 26.4 Å². The summed E-state index contributed by atoms with van der Waals surface area (Å²) in [5, 5.41) is 6.38. The van der Waals surface area contributed by atoms with Crippen LogP contribution >= 0.6 is 0 Å². The van der Waals surface area contributed by atoms with Crippen molar-refractivity contribution in [2.75, 3.05) is 40.3 Å². The van der Waals surface area contributed by atoms with Crippen molar-refractivity contribution in [1.82, 2.24) is 20.5 Å². The van der Waals surface area contributed by atoms with E-state index in [0.29, 0.717) is 32.0 Å². The number of carbonyl (C=O) groups is 1. The Morgan fingerprint density at radius 1 is 1.19 bits per heavy atom. The van der Waals surface area contributed by atoms with Gasteiger partial charge >= 0.3 is 0 Å². The molecule has 0 saturated heterocycles. The summed E-state index contributed by atoms with van der Waals surface area (Å²) in [5.41, 5.74) is 0.964. The predicted molar refractivity (Wildman–Crippen MR) is 123 cm³/mol. The maximum Gasteiger partial charge on any atom is 0.244 e. The van der Waals surface area contributed by atoms with Crippen molar-refractivity contribution < 1.29 is 14.3 Å². The summed E-state index contributed by atoms with van der Waals surface area (Å²) in [6, 6.07) is 13.3. The Morgan fingerprint density at radius 2 is 2.00 bits per heavy atom. The molecule has 0 bridgehead atoms. The minimum absolute atomic E-state index is 0.0474. The lowest BCUT2D eigenvalue weighted by Crippen LogP contribution is -2.42. The summed E-state index contributed by atoms with van der Waals surface area (Å²) in [5.74, 6) is 2.02. The number of ether oxygens (including phenoxy) is 2. The standard InChI is InChI=1S/C23H33N5O3/c1-5-24-23(26-16-18(2)31-21-11-8-10-20(15-21)30-4)27-17-22(29)28(3)14-12-19-9-6-7-13-25-19/h6-11,13,15,18H,5,12,14,16-17H2,1-4H3,(H2,24,26,27). The minimum atomic E-state index is -0.104. The fraction of sp³-hybridized carbons (Fsp3) is 0.435. The van der Waals surface area contributed by atoms with E-state index < -0.39 is 0 Å². The number of carbonyl (C=O) groups excluding carboxylic acids is 1. The van der Waals surface area contributed by atoms with Crippen molar-refractivity contribution in [3.8, 4) is 11.5 Å². The van der Waals surface area contributed by atoms with Crippen LogP contribution in [0.15, 0.2) is 53.7 Å². The van der Waals surface area contributed by atoms with E-state index in [4.69, 9.17) is 9.47 Å². The number of benzene rings is 1. The normalized spacial score (nSPS) is 12.1. The monoisotopic (exact) mass is 427 g/mol. The van der Waals surface area contributed by atoms with Crippen molar-refractivity contribution in [3.05, 3.63) is 54.4 Å². The van der Waals surface area contributed by atoms with Crippen LogP contribution in [0.25, 0.3) is 0 Å². The van der Waals surface area contributed by atoms with Crippen LogP contribution in [0.4, 0.5) is 0 Å². The van der Waals surface area contributed by atoms with E-state index in [2.05, 4.69) is 20.6 Å². The van der Waals surface area contributed by atoms with Gasteiger partial charge < -0.3 is 25.0 Å². The molecule has 1 aromatic heterocycles. The number of nitrogens with zero attached hydrogens (tertiary/aromatic N) is 3. The molecular formula is C23H33N5O3. The van der Waals surface area contributed by atoms with Gasteiger partial charge in [-0.15, -0.1) is 0 Å². The number of rotatable bonds is 11. The number of guanidine groups is 1. The molecule has 1 atom stereocenters. The van der Waals surface area contributed by atoms with Gasteiger partial charge in [0.1, 0.15) is 24.1 Å². The highest BCUT2D eigenvalue weighted by Gasteiger charge is 2.10. The molecule has 0 saturated carbocycles. The second-order valence-corrected chi connectivity index (χ2v) is 7.07. The predicted octanol–water partition coefficient (Wildman–Crippen LogP) is 2.11. The average Bonchev–Trinajstić information content (AvgIpc) is 2.79. The third kappa shape index (κ3) is 8.94. The number of aromatic nitrogens is 1. The summed E-state index contributed by atoms with van der Waals surface area (Å²) in [6.45, 7) is 5.84. The molecule has 2 aromatic rings. The van der Waals surface area contributed by atoms with Crippen LogP contribution in [0.2, 0.25) is 0 Å². The highest BCUT2D eigenvalue weighted by molar-refractivity contribution is 5.84. The highest BCUT2D eigenvalue weighted by Crippen LogP contribution is 2.19. The van der Waals surface area contributed by atoms with E-state index in [1.165, 1.54) is 0 Å². The van der Waals surface area contributed by atoms with Crippen LogP contribution in [0.1, 0.15) is 19.5 Å². The Hall–Kier alpha value is -3.29. The number of nitrogens with one attached hydrogen (secondary N) is 2. The molecule has 2 rings (SSSR count). The quantitative estimate of drug-likeness (QED) is 0.422. The van der Waals surface area contributed by atoms with Crippen LogP contribution in [-0.4, -0.2) is 68.2 Å². The zero-order valence-electron chi connectivity index (χ0n) is 18.8. The van der Waals surface area contributed by atoms with E-state index in [1.807, 2.05) is 56.3 Å². The molecule has 0 spiro atoms. The Labute approximate surface area is 184 Å². The van der Waals surface area contributed by atoms with Crippen molar-refractivity contribution in [3.63, 3.8) is 0 Å². The molecule has 0 aliphatic rings. The molecule has 2 N–H and O–H groups in total. The number of aliphatic imine (C=N–C) groups is 1. The van der Waals surface area contributed by atoms with Gasteiger partial charge in [0.2, 0.25) is 5.91 Å². The second kappa shape index (κ2) is 13.1. The van der Waals surface area contributed by atoms with Gasteiger partial charge in [0.15, 0.2) is 5.96 Å². The summed E-state index contributed by atoms with van der Waals surface area (Å²) in [4.78, 5) is 22.8. The molecule has 1 aromatic carbocycles. The Kier molecular flexibility index (Phi) is 10.1. The summed E-state index contributed by atoms with van der Waals surface area (Å²) in [6.07, 6.45) is 2.37. The number of methoxy groups -OCH3 is 1. The number of likely N-dealkylation sites (N-methyl/N-ethyl adjacent to an activating group) is 1. The molecule has 8 nitrogen and oxygen atoms in total. The molecule has 0 aliphatic carbocycles. The topological polar surface area (TPSA) is 88.1 Å². The maximum atomic E-state index is 12.4. The third-order valence-electron chi connectivity index (χ3n) is 4.51. The first-order valence-electron chi connectivity index (χ1n) is 10.5. The van der Waals surface area contributed by atoms with Gasteiger partial charge in [-0.3, -0.25) is 9.78 Å². The smallest absolute Gasteiger partial charge is 0.244 e. The third-order valence-corrected chi connectivity index (χ3v) is 4.51. The summed E-state index contributed by atoms with van der Waals surface area (Å²) in [7, 11) is 3.41. The largest absolute Gasteiger partial charge is 0.497 e. The van der Waals surface area contributed by atoms with Gasteiger partial charge in [-0.2, -0.15) is 0 Å².